The number of aromatic amines is 1. The number of fused-ring (bicyclic) bond motifs is 1. The van der Waals surface area contributed by atoms with Gasteiger partial charge >= 0.3 is 0 Å². The lowest BCUT2D eigenvalue weighted by Crippen LogP contribution is -2.24. The maximum absolute atomic E-state index is 13.4. The number of methoxy groups -OCH3 is 1. The van der Waals surface area contributed by atoms with Crippen LogP contribution in [-0.2, 0) is 11.2 Å². The lowest BCUT2D eigenvalue weighted by atomic mass is 10.2. The van der Waals surface area contributed by atoms with Gasteiger partial charge in [-0.15, -0.1) is 0 Å². The van der Waals surface area contributed by atoms with Crippen molar-refractivity contribution in [1.29, 1.82) is 0 Å². The first-order valence-corrected chi connectivity index (χ1v) is 12.7. The second-order valence-electron chi connectivity index (χ2n) is 9.33. The number of halogens is 1. The summed E-state index contributed by atoms with van der Waals surface area (Å²) in [6.07, 6.45) is 2.89. The van der Waals surface area contributed by atoms with Gasteiger partial charge in [-0.1, -0.05) is 6.07 Å². The lowest BCUT2D eigenvalue weighted by molar-refractivity contribution is -0.115. The third-order valence-corrected chi connectivity index (χ3v) is 6.38. The van der Waals surface area contributed by atoms with E-state index in [1.807, 2.05) is 12.1 Å². The average Bonchev–Trinajstić information content (AvgIpc) is 3.54. The van der Waals surface area contributed by atoms with Gasteiger partial charge in [0, 0.05) is 48.5 Å². The number of hydrogen-bond donors (Lipinski definition) is 4. The number of nitrogens with zero attached hydrogens (tertiary/aromatic N) is 4. The molecular formula is C27H30FN7O4. The molecule has 1 aliphatic rings. The number of hydrogen-bond acceptors (Lipinski definition) is 9. The van der Waals surface area contributed by atoms with Crippen molar-refractivity contribution in [3.8, 4) is 11.5 Å². The molecule has 0 saturated carbocycles. The van der Waals surface area contributed by atoms with Gasteiger partial charge in [0.25, 0.3) is 0 Å². The van der Waals surface area contributed by atoms with E-state index < -0.39 is 5.82 Å². The zero-order chi connectivity index (χ0) is 27.2. The molecule has 0 radical (unpaired) electrons. The topological polar surface area (TPSA) is 138 Å². The Labute approximate surface area is 224 Å². The maximum Gasteiger partial charge on any atom is 0.230 e. The minimum absolute atomic E-state index is 0.0303. The molecule has 12 heteroatoms. The van der Waals surface area contributed by atoms with Gasteiger partial charge in [-0.2, -0.15) is 5.10 Å². The number of amides is 1. The molecule has 2 aromatic carbocycles. The van der Waals surface area contributed by atoms with Crippen LogP contribution in [0.1, 0.15) is 18.5 Å². The van der Waals surface area contributed by atoms with Gasteiger partial charge in [-0.05, 0) is 37.1 Å². The number of H-pyrrole nitrogens is 1. The number of carbonyl (C=O) groups excluding carboxylic acids is 1. The number of rotatable bonds is 11. The van der Waals surface area contributed by atoms with E-state index in [1.165, 1.54) is 24.5 Å². The molecule has 0 aliphatic carbocycles. The van der Waals surface area contributed by atoms with Gasteiger partial charge < -0.3 is 30.1 Å². The summed E-state index contributed by atoms with van der Waals surface area (Å²) in [5.41, 5.74) is 1.62. The molecule has 4 N–H and O–H groups in total. The van der Waals surface area contributed by atoms with Crippen molar-refractivity contribution in [2.24, 2.45) is 0 Å². The molecule has 1 amide bonds. The number of ether oxygens (including phenoxy) is 2. The Hall–Kier alpha value is -4.29. The highest BCUT2D eigenvalue weighted by Crippen LogP contribution is 2.34. The van der Waals surface area contributed by atoms with Crippen LogP contribution in [-0.4, -0.2) is 75.5 Å². The smallest absolute Gasteiger partial charge is 0.230 e. The third-order valence-electron chi connectivity index (χ3n) is 6.38. The summed E-state index contributed by atoms with van der Waals surface area (Å²) in [5, 5.41) is 23.3. The van der Waals surface area contributed by atoms with Gasteiger partial charge in [0.15, 0.2) is 17.3 Å². The third kappa shape index (κ3) is 6.78. The fraction of sp³-hybridized carbons (Fsp3) is 0.333. The van der Waals surface area contributed by atoms with E-state index in [2.05, 4.69) is 35.7 Å². The number of benzene rings is 2. The van der Waals surface area contributed by atoms with Crippen LogP contribution in [0.5, 0.6) is 11.5 Å². The number of anilines is 3. The summed E-state index contributed by atoms with van der Waals surface area (Å²) in [4.78, 5) is 23.3. The first-order chi connectivity index (χ1) is 19.0. The lowest BCUT2D eigenvalue weighted by Gasteiger charge is -2.16. The van der Waals surface area contributed by atoms with E-state index in [1.54, 1.807) is 19.2 Å². The van der Waals surface area contributed by atoms with Crippen LogP contribution in [0.15, 0.2) is 48.8 Å². The second kappa shape index (κ2) is 12.0. The Bertz CT molecular complexity index is 1450. The predicted molar refractivity (Wildman–Crippen MR) is 144 cm³/mol. The highest BCUT2D eigenvalue weighted by atomic mass is 19.1. The molecule has 1 atom stereocenters. The molecular weight excluding hydrogens is 505 g/mol. The summed E-state index contributed by atoms with van der Waals surface area (Å²) in [7, 11) is 1.57. The summed E-state index contributed by atoms with van der Waals surface area (Å²) in [5.74, 6) is 1.39. The molecule has 3 heterocycles. The number of likely N-dealkylation sites (tertiary alicyclic amines) is 1. The second-order valence-corrected chi connectivity index (χ2v) is 9.33. The largest absolute Gasteiger partial charge is 0.493 e. The van der Waals surface area contributed by atoms with Gasteiger partial charge in [0.05, 0.1) is 31.8 Å². The predicted octanol–water partition coefficient (Wildman–Crippen LogP) is 3.26. The fourth-order valence-electron chi connectivity index (χ4n) is 4.50. The summed E-state index contributed by atoms with van der Waals surface area (Å²) < 4.78 is 24.9. The highest BCUT2D eigenvalue weighted by molar-refractivity contribution is 5.93. The monoisotopic (exact) mass is 535 g/mol. The van der Waals surface area contributed by atoms with Crippen molar-refractivity contribution < 1.29 is 23.8 Å². The van der Waals surface area contributed by atoms with E-state index >= 15 is 0 Å². The van der Waals surface area contributed by atoms with Crippen molar-refractivity contribution in [2.75, 3.05) is 44.0 Å². The standard InChI is InChI=1S/C27H30FN7O4/c1-38-23-13-21-22(14-24(23)39-9-3-7-35-8-6-20(36)15-35)29-16-30-27(21)32-25-11-19(33-34-25)12-26(37)31-18-5-2-4-17(28)10-18/h2,4-5,10-11,13-14,16,20,36H,3,6-9,12,15H2,1H3,(H,31,37)(H2,29,30,32,33,34)/t20-/m1/s1. The van der Waals surface area contributed by atoms with Crippen LogP contribution in [0.4, 0.5) is 21.7 Å². The molecule has 204 valence electrons. The molecule has 0 bridgehead atoms. The van der Waals surface area contributed by atoms with Gasteiger partial charge in [0.2, 0.25) is 5.91 Å². The van der Waals surface area contributed by atoms with Gasteiger partial charge in [-0.25, -0.2) is 14.4 Å². The van der Waals surface area contributed by atoms with Crippen LogP contribution in [0.3, 0.4) is 0 Å². The quantitative estimate of drug-likeness (QED) is 0.213. The van der Waals surface area contributed by atoms with E-state index in [0.717, 1.165) is 25.9 Å². The number of β-amino-alcohol motifs (C(OH)–C–C–N with tert-alkyl or cyclic N) is 1. The zero-order valence-corrected chi connectivity index (χ0v) is 21.5. The summed E-state index contributed by atoms with van der Waals surface area (Å²) in [6, 6.07) is 11.0. The first-order valence-electron chi connectivity index (χ1n) is 12.7. The molecule has 1 aliphatic heterocycles. The molecule has 2 aromatic heterocycles. The van der Waals surface area contributed by atoms with Crippen LogP contribution in [0.25, 0.3) is 10.9 Å². The van der Waals surface area contributed by atoms with Crippen molar-refractivity contribution in [3.05, 3.63) is 60.3 Å². The average molecular weight is 536 g/mol. The molecule has 0 unspecified atom stereocenters. The van der Waals surface area contributed by atoms with Crippen LogP contribution in [0, 0.1) is 5.82 Å². The molecule has 1 saturated heterocycles. The maximum atomic E-state index is 13.4. The van der Waals surface area contributed by atoms with E-state index in [-0.39, 0.29) is 18.4 Å². The normalized spacial score (nSPS) is 15.4. The number of aliphatic hydroxyl groups is 1. The Kier molecular flexibility index (Phi) is 8.13. The Morgan fingerprint density at radius 1 is 1.23 bits per heavy atom. The Morgan fingerprint density at radius 2 is 2.13 bits per heavy atom. The van der Waals surface area contributed by atoms with Crippen molar-refractivity contribution >= 4 is 34.1 Å². The minimum atomic E-state index is -0.424. The number of aromatic nitrogens is 4. The van der Waals surface area contributed by atoms with Crippen LogP contribution < -0.4 is 20.1 Å². The van der Waals surface area contributed by atoms with Gasteiger partial charge in [-0.3, -0.25) is 9.89 Å². The van der Waals surface area contributed by atoms with Crippen molar-refractivity contribution in [1.82, 2.24) is 25.1 Å². The molecule has 39 heavy (non-hydrogen) atoms. The summed E-state index contributed by atoms with van der Waals surface area (Å²) >= 11 is 0. The first kappa shape index (κ1) is 26.3. The van der Waals surface area contributed by atoms with Crippen molar-refractivity contribution in [3.63, 3.8) is 0 Å². The Balaban J connectivity index is 1.22. The van der Waals surface area contributed by atoms with Crippen LogP contribution >= 0.6 is 0 Å². The Morgan fingerprint density at radius 3 is 2.92 bits per heavy atom. The molecule has 5 rings (SSSR count). The SMILES string of the molecule is COc1cc2c(Nc3cc(CC(=O)Nc4cccc(F)c4)[nH]n3)ncnc2cc1OCCCN1CC[C@@H](O)C1. The molecule has 11 nitrogen and oxygen atoms in total. The van der Waals surface area contributed by atoms with Crippen molar-refractivity contribution in [2.45, 2.75) is 25.4 Å². The number of carbonyl (C=O) groups is 1. The van der Waals surface area contributed by atoms with E-state index in [9.17, 15) is 14.3 Å². The molecule has 4 aromatic rings. The van der Waals surface area contributed by atoms with E-state index in [4.69, 9.17) is 9.47 Å². The minimum Gasteiger partial charge on any atom is -0.493 e. The van der Waals surface area contributed by atoms with Crippen LogP contribution in [0.2, 0.25) is 0 Å². The number of nitrogens with one attached hydrogen (secondary N) is 3. The fourth-order valence-corrected chi connectivity index (χ4v) is 4.50. The summed E-state index contributed by atoms with van der Waals surface area (Å²) in [6.45, 7) is 2.99. The zero-order valence-electron chi connectivity index (χ0n) is 21.5. The van der Waals surface area contributed by atoms with E-state index in [0.29, 0.717) is 58.6 Å². The highest BCUT2D eigenvalue weighted by Gasteiger charge is 2.19. The van der Waals surface area contributed by atoms with Gasteiger partial charge in [0.1, 0.15) is 18.0 Å². The molecule has 1 fully saturated rings. The molecule has 0 spiro atoms. The number of aliphatic hydroxyl groups excluding tert-OH is 1.